The summed E-state index contributed by atoms with van der Waals surface area (Å²) in [5.41, 5.74) is 0. The molecule has 2 aromatic rings. The number of anilines is 1. The van der Waals surface area contributed by atoms with Crippen LogP contribution in [0.2, 0.25) is 0 Å². The normalized spacial score (nSPS) is 17.9. The van der Waals surface area contributed by atoms with Gasteiger partial charge in [-0.3, -0.25) is 10.1 Å². The van der Waals surface area contributed by atoms with Gasteiger partial charge in [0.2, 0.25) is 5.13 Å². The van der Waals surface area contributed by atoms with Crippen molar-refractivity contribution < 1.29 is 19.1 Å². The number of aliphatic carboxylic acids is 1. The summed E-state index contributed by atoms with van der Waals surface area (Å²) in [6, 6.07) is 3.14. The van der Waals surface area contributed by atoms with E-state index in [1.54, 1.807) is 12.1 Å². The number of rotatable bonds is 3. The van der Waals surface area contributed by atoms with Crippen LogP contribution in [0.5, 0.6) is 0 Å². The molecule has 1 atom stereocenters. The summed E-state index contributed by atoms with van der Waals surface area (Å²) >= 11 is 1.19. The van der Waals surface area contributed by atoms with E-state index < -0.39 is 11.9 Å². The number of furan rings is 1. The quantitative estimate of drug-likeness (QED) is 0.894. The molecule has 3 heterocycles. The molecule has 2 N–H and O–H groups in total. The van der Waals surface area contributed by atoms with Crippen LogP contribution in [0.4, 0.5) is 9.93 Å². The minimum Gasteiger partial charge on any atom is -0.481 e. The third-order valence-corrected chi connectivity index (χ3v) is 4.05. The van der Waals surface area contributed by atoms with Crippen LogP contribution in [0.25, 0.3) is 10.8 Å². The highest BCUT2D eigenvalue weighted by Gasteiger charge is 2.31. The maximum atomic E-state index is 12.0. The zero-order chi connectivity index (χ0) is 14.8. The van der Waals surface area contributed by atoms with Crippen LogP contribution in [-0.4, -0.2) is 45.3 Å². The van der Waals surface area contributed by atoms with Gasteiger partial charge >= 0.3 is 12.0 Å². The fourth-order valence-electron chi connectivity index (χ4n) is 2.09. The van der Waals surface area contributed by atoms with Crippen LogP contribution in [0.1, 0.15) is 6.42 Å². The molecule has 21 heavy (non-hydrogen) atoms. The fraction of sp³-hybridized carbons (Fsp3) is 0.333. The van der Waals surface area contributed by atoms with Gasteiger partial charge in [0.15, 0.2) is 10.8 Å². The number of carbonyl (C=O) groups excluding carboxylic acids is 1. The molecule has 1 saturated heterocycles. The average Bonchev–Trinajstić information content (AvgIpc) is 3.19. The van der Waals surface area contributed by atoms with Crippen LogP contribution >= 0.6 is 11.3 Å². The van der Waals surface area contributed by atoms with Crippen LogP contribution in [0.3, 0.4) is 0 Å². The van der Waals surface area contributed by atoms with Crippen molar-refractivity contribution in [3.8, 4) is 10.8 Å². The topological polar surface area (TPSA) is 109 Å². The van der Waals surface area contributed by atoms with Gasteiger partial charge in [0, 0.05) is 13.1 Å². The Hall–Kier alpha value is -2.42. The lowest BCUT2D eigenvalue weighted by Crippen LogP contribution is -2.33. The average molecular weight is 308 g/mol. The highest BCUT2D eigenvalue weighted by molar-refractivity contribution is 7.18. The number of carbonyl (C=O) groups is 2. The fourth-order valence-corrected chi connectivity index (χ4v) is 2.79. The Morgan fingerprint density at radius 2 is 2.33 bits per heavy atom. The molecule has 1 fully saturated rings. The van der Waals surface area contributed by atoms with Crippen molar-refractivity contribution in [1.82, 2.24) is 15.1 Å². The lowest BCUT2D eigenvalue weighted by atomic mass is 10.1. The Kier molecular flexibility index (Phi) is 3.57. The van der Waals surface area contributed by atoms with E-state index in [4.69, 9.17) is 9.52 Å². The number of nitrogens with zero attached hydrogens (tertiary/aromatic N) is 3. The number of aromatic nitrogens is 2. The maximum Gasteiger partial charge on any atom is 0.323 e. The zero-order valence-electron chi connectivity index (χ0n) is 10.9. The minimum absolute atomic E-state index is 0.213. The molecule has 110 valence electrons. The third-order valence-electron chi connectivity index (χ3n) is 3.20. The van der Waals surface area contributed by atoms with Crippen molar-refractivity contribution in [1.29, 1.82) is 0 Å². The van der Waals surface area contributed by atoms with E-state index >= 15 is 0 Å². The van der Waals surface area contributed by atoms with Gasteiger partial charge in [0.25, 0.3) is 0 Å². The monoisotopic (exact) mass is 308 g/mol. The second kappa shape index (κ2) is 5.52. The van der Waals surface area contributed by atoms with E-state index in [0.717, 1.165) is 0 Å². The van der Waals surface area contributed by atoms with Gasteiger partial charge in [0.1, 0.15) is 0 Å². The van der Waals surface area contributed by atoms with Crippen LogP contribution < -0.4 is 5.32 Å². The smallest absolute Gasteiger partial charge is 0.323 e. The lowest BCUT2D eigenvalue weighted by Gasteiger charge is -2.14. The number of amides is 2. The van der Waals surface area contributed by atoms with E-state index in [0.29, 0.717) is 28.9 Å². The molecule has 0 aliphatic carbocycles. The van der Waals surface area contributed by atoms with E-state index in [9.17, 15) is 9.59 Å². The molecule has 0 spiro atoms. The molecular weight excluding hydrogens is 296 g/mol. The molecule has 0 saturated carbocycles. The highest BCUT2D eigenvalue weighted by Crippen LogP contribution is 2.27. The first-order chi connectivity index (χ1) is 10.1. The Labute approximate surface area is 123 Å². The van der Waals surface area contributed by atoms with E-state index in [1.807, 2.05) is 0 Å². The van der Waals surface area contributed by atoms with Gasteiger partial charge in [0.05, 0.1) is 12.2 Å². The molecule has 0 radical (unpaired) electrons. The van der Waals surface area contributed by atoms with Gasteiger partial charge in [-0.25, -0.2) is 4.79 Å². The van der Waals surface area contributed by atoms with Crippen LogP contribution in [-0.2, 0) is 4.79 Å². The molecule has 1 unspecified atom stereocenters. The van der Waals surface area contributed by atoms with Gasteiger partial charge < -0.3 is 14.4 Å². The maximum absolute atomic E-state index is 12.0. The second-order valence-electron chi connectivity index (χ2n) is 4.59. The Morgan fingerprint density at radius 1 is 1.48 bits per heavy atom. The predicted octanol–water partition coefficient (Wildman–Crippen LogP) is 1.74. The molecule has 1 aliphatic rings. The first-order valence-corrected chi connectivity index (χ1v) is 7.11. The number of likely N-dealkylation sites (tertiary alicyclic amines) is 1. The van der Waals surface area contributed by atoms with Crippen molar-refractivity contribution in [3.63, 3.8) is 0 Å². The molecule has 0 aromatic carbocycles. The number of hydrogen-bond donors (Lipinski definition) is 2. The summed E-state index contributed by atoms with van der Waals surface area (Å²) in [7, 11) is 0. The van der Waals surface area contributed by atoms with Gasteiger partial charge in [-0.15, -0.1) is 10.2 Å². The van der Waals surface area contributed by atoms with Crippen molar-refractivity contribution in [2.45, 2.75) is 6.42 Å². The molecular formula is C12H12N4O4S. The standard InChI is InChI=1S/C12H12N4O4S/c17-10(18)7-3-4-16(6-7)12(19)13-11-15-14-9(21-11)8-2-1-5-20-8/h1-2,5,7H,3-4,6H2,(H,17,18)(H,13,15,19). The highest BCUT2D eigenvalue weighted by atomic mass is 32.1. The summed E-state index contributed by atoms with van der Waals surface area (Å²) in [4.78, 5) is 24.4. The summed E-state index contributed by atoms with van der Waals surface area (Å²) in [5.74, 6) is -0.787. The SMILES string of the molecule is O=C(O)C1CCN(C(=O)Nc2nnc(-c3ccco3)s2)C1. The second-order valence-corrected chi connectivity index (χ2v) is 5.57. The molecule has 2 amide bonds. The molecule has 1 aliphatic heterocycles. The number of carboxylic acids is 1. The molecule has 9 heteroatoms. The molecule has 0 bridgehead atoms. The predicted molar refractivity (Wildman–Crippen MR) is 73.9 cm³/mol. The summed E-state index contributed by atoms with van der Waals surface area (Å²) < 4.78 is 5.20. The van der Waals surface area contributed by atoms with Crippen molar-refractivity contribution >= 4 is 28.5 Å². The van der Waals surface area contributed by atoms with Gasteiger partial charge in [-0.2, -0.15) is 0 Å². The molecule has 2 aromatic heterocycles. The van der Waals surface area contributed by atoms with Crippen molar-refractivity contribution in [2.75, 3.05) is 18.4 Å². The first-order valence-electron chi connectivity index (χ1n) is 6.29. The van der Waals surface area contributed by atoms with E-state index in [2.05, 4.69) is 15.5 Å². The summed E-state index contributed by atoms with van der Waals surface area (Å²) in [5, 5.41) is 20.3. The minimum atomic E-state index is -0.874. The van der Waals surface area contributed by atoms with E-state index in [1.165, 1.54) is 22.5 Å². The lowest BCUT2D eigenvalue weighted by molar-refractivity contribution is -0.141. The number of hydrogen-bond acceptors (Lipinski definition) is 6. The van der Waals surface area contributed by atoms with Crippen LogP contribution in [0.15, 0.2) is 22.8 Å². The Bertz CT molecular complexity index is 654. The number of urea groups is 1. The zero-order valence-corrected chi connectivity index (χ0v) is 11.7. The summed E-state index contributed by atoms with van der Waals surface area (Å²) in [6.45, 7) is 0.637. The van der Waals surface area contributed by atoms with E-state index in [-0.39, 0.29) is 12.6 Å². The number of carboxylic acid groups (broad SMARTS) is 1. The van der Waals surface area contributed by atoms with Crippen molar-refractivity contribution in [3.05, 3.63) is 18.4 Å². The largest absolute Gasteiger partial charge is 0.481 e. The molecule has 8 nitrogen and oxygen atoms in total. The van der Waals surface area contributed by atoms with Gasteiger partial charge in [-0.1, -0.05) is 11.3 Å². The Morgan fingerprint density at radius 3 is 3.00 bits per heavy atom. The summed E-state index contributed by atoms with van der Waals surface area (Å²) in [6.07, 6.45) is 2.00. The van der Waals surface area contributed by atoms with Gasteiger partial charge in [-0.05, 0) is 18.6 Å². The third kappa shape index (κ3) is 2.87. The van der Waals surface area contributed by atoms with Crippen molar-refractivity contribution in [2.24, 2.45) is 5.92 Å². The number of nitrogens with one attached hydrogen (secondary N) is 1. The first kappa shape index (κ1) is 13.6. The Balaban J connectivity index is 1.62. The molecule has 3 rings (SSSR count). The van der Waals surface area contributed by atoms with Crippen LogP contribution in [0, 0.1) is 5.92 Å².